The predicted octanol–water partition coefficient (Wildman–Crippen LogP) is 3.87. The third-order valence-electron chi connectivity index (χ3n) is 6.25. The summed E-state index contributed by atoms with van der Waals surface area (Å²) >= 11 is 0. The molecule has 33 heavy (non-hydrogen) atoms. The molecule has 4 rings (SSSR count). The van der Waals surface area contributed by atoms with Crippen molar-refractivity contribution in [1.82, 2.24) is 4.31 Å². The number of hydrogen-bond donors (Lipinski definition) is 1. The third kappa shape index (κ3) is 5.01. The Labute approximate surface area is 193 Å². The summed E-state index contributed by atoms with van der Waals surface area (Å²) in [6, 6.07) is 10.5. The maximum absolute atomic E-state index is 12.7. The van der Waals surface area contributed by atoms with E-state index in [-0.39, 0.29) is 16.1 Å². The minimum Gasteiger partial charge on any atom is -0.366 e. The maximum atomic E-state index is 12.7. The second-order valence-corrected chi connectivity index (χ2v) is 10.7. The topological polar surface area (TPSA) is 113 Å². The first kappa shape index (κ1) is 23.2. The highest BCUT2D eigenvalue weighted by atomic mass is 32.2. The average Bonchev–Trinajstić information content (AvgIpc) is 3.35. The van der Waals surface area contributed by atoms with Gasteiger partial charge in [0.05, 0.1) is 9.82 Å². The summed E-state index contributed by atoms with van der Waals surface area (Å²) in [7, 11) is -3.53. The number of hydrogen-bond acceptors (Lipinski definition) is 6. The van der Waals surface area contributed by atoms with Crippen molar-refractivity contribution in [2.24, 2.45) is 5.92 Å². The van der Waals surface area contributed by atoms with Gasteiger partial charge in [-0.2, -0.15) is 4.31 Å². The number of sulfonamides is 1. The van der Waals surface area contributed by atoms with E-state index in [1.54, 1.807) is 12.1 Å². The molecule has 2 fully saturated rings. The first-order chi connectivity index (χ1) is 15.8. The van der Waals surface area contributed by atoms with Crippen molar-refractivity contribution in [1.29, 1.82) is 0 Å². The van der Waals surface area contributed by atoms with E-state index >= 15 is 0 Å². The standard InChI is InChI=1S/C23H28N4O5S/c1-17-5-4-12-25(16-17)21-11-6-18(15-22(21)27(29)30)23(28)24-19-7-9-20(10-8-19)33(31,32)26-13-2-3-14-26/h6-11,15,17H,2-5,12-14,16H2,1H3,(H,24,28)/t17-/m0/s1. The molecule has 0 aliphatic carbocycles. The SMILES string of the molecule is C[C@H]1CCCN(c2ccc(C(=O)Nc3ccc(S(=O)(=O)N4CCCC4)cc3)cc2[N+](=O)[O-])C1. The highest BCUT2D eigenvalue weighted by Gasteiger charge is 2.27. The number of carbonyl (C=O) groups is 1. The molecular weight excluding hydrogens is 444 g/mol. The van der Waals surface area contributed by atoms with E-state index < -0.39 is 20.9 Å². The van der Waals surface area contributed by atoms with E-state index in [1.165, 1.54) is 34.6 Å². The molecule has 2 heterocycles. The molecule has 0 unspecified atom stereocenters. The molecule has 1 N–H and O–H groups in total. The Kier molecular flexibility index (Phi) is 6.66. The van der Waals surface area contributed by atoms with Gasteiger partial charge in [0.15, 0.2) is 0 Å². The Morgan fingerprint density at radius 1 is 1.06 bits per heavy atom. The lowest BCUT2D eigenvalue weighted by molar-refractivity contribution is -0.384. The summed E-state index contributed by atoms with van der Waals surface area (Å²) in [5, 5.41) is 14.4. The molecule has 10 heteroatoms. The number of carbonyl (C=O) groups excluding carboxylic acids is 1. The van der Waals surface area contributed by atoms with Crippen LogP contribution in [0.3, 0.4) is 0 Å². The summed E-state index contributed by atoms with van der Waals surface area (Å²) < 4.78 is 26.8. The number of rotatable bonds is 6. The van der Waals surface area contributed by atoms with Gasteiger partial charge in [0, 0.05) is 43.5 Å². The van der Waals surface area contributed by atoms with Gasteiger partial charge in [0.1, 0.15) is 5.69 Å². The molecule has 0 aromatic heterocycles. The van der Waals surface area contributed by atoms with Gasteiger partial charge in [-0.15, -0.1) is 0 Å². The van der Waals surface area contributed by atoms with E-state index in [9.17, 15) is 23.3 Å². The quantitative estimate of drug-likeness (QED) is 0.504. The molecule has 2 aromatic rings. The molecule has 0 saturated carbocycles. The van der Waals surface area contributed by atoms with E-state index in [1.807, 2.05) is 4.90 Å². The highest BCUT2D eigenvalue weighted by molar-refractivity contribution is 7.89. The second-order valence-electron chi connectivity index (χ2n) is 8.74. The fourth-order valence-electron chi connectivity index (χ4n) is 4.48. The van der Waals surface area contributed by atoms with Crippen LogP contribution in [-0.2, 0) is 10.0 Å². The number of nitrogens with zero attached hydrogens (tertiary/aromatic N) is 3. The zero-order valence-corrected chi connectivity index (χ0v) is 19.4. The van der Waals surface area contributed by atoms with Crippen LogP contribution in [0.5, 0.6) is 0 Å². The number of amides is 1. The molecular formula is C23H28N4O5S. The second kappa shape index (κ2) is 9.48. The van der Waals surface area contributed by atoms with Gasteiger partial charge in [-0.05, 0) is 68.0 Å². The summed E-state index contributed by atoms with van der Waals surface area (Å²) in [5.74, 6) is -0.0367. The Morgan fingerprint density at radius 2 is 1.76 bits per heavy atom. The van der Waals surface area contributed by atoms with Crippen molar-refractivity contribution in [3.05, 3.63) is 58.1 Å². The Hall–Kier alpha value is -2.98. The molecule has 1 amide bonds. The first-order valence-corrected chi connectivity index (χ1v) is 12.6. The van der Waals surface area contributed by atoms with Gasteiger partial charge in [-0.25, -0.2) is 8.42 Å². The van der Waals surface area contributed by atoms with Gasteiger partial charge in [0.25, 0.3) is 11.6 Å². The van der Waals surface area contributed by atoms with Crippen molar-refractivity contribution < 1.29 is 18.1 Å². The summed E-state index contributed by atoms with van der Waals surface area (Å²) in [4.78, 5) is 26.2. The molecule has 0 bridgehead atoms. The third-order valence-corrected chi connectivity index (χ3v) is 8.16. The highest BCUT2D eigenvalue weighted by Crippen LogP contribution is 2.32. The van der Waals surface area contributed by atoms with E-state index in [0.717, 1.165) is 38.8 Å². The Balaban J connectivity index is 1.50. The molecule has 2 aromatic carbocycles. The van der Waals surface area contributed by atoms with E-state index in [0.29, 0.717) is 30.4 Å². The van der Waals surface area contributed by atoms with Crippen LogP contribution in [0.1, 0.15) is 43.0 Å². The largest absolute Gasteiger partial charge is 0.366 e. The fraction of sp³-hybridized carbons (Fsp3) is 0.435. The number of nitrogens with one attached hydrogen (secondary N) is 1. The number of anilines is 2. The average molecular weight is 473 g/mol. The molecule has 1 atom stereocenters. The summed E-state index contributed by atoms with van der Waals surface area (Å²) in [6.45, 7) is 4.67. The molecule has 0 spiro atoms. The number of piperidine rings is 1. The van der Waals surface area contributed by atoms with Crippen LogP contribution in [0.15, 0.2) is 47.4 Å². The van der Waals surface area contributed by atoms with Crippen molar-refractivity contribution in [2.45, 2.75) is 37.5 Å². The minimum atomic E-state index is -3.53. The summed E-state index contributed by atoms with van der Waals surface area (Å²) in [5.41, 5.74) is 1.02. The minimum absolute atomic E-state index is 0.0937. The van der Waals surface area contributed by atoms with Crippen LogP contribution < -0.4 is 10.2 Å². The Bertz CT molecular complexity index is 1140. The number of nitro groups is 1. The van der Waals surface area contributed by atoms with Gasteiger partial charge in [0.2, 0.25) is 10.0 Å². The van der Waals surface area contributed by atoms with Gasteiger partial charge >= 0.3 is 0 Å². The lowest BCUT2D eigenvalue weighted by Gasteiger charge is -2.32. The predicted molar refractivity (Wildman–Crippen MR) is 126 cm³/mol. The zero-order chi connectivity index (χ0) is 23.6. The lowest BCUT2D eigenvalue weighted by atomic mass is 9.99. The smallest absolute Gasteiger partial charge is 0.293 e. The van der Waals surface area contributed by atoms with Crippen LogP contribution in [0.25, 0.3) is 0 Å². The van der Waals surface area contributed by atoms with Gasteiger partial charge in [-0.3, -0.25) is 14.9 Å². The van der Waals surface area contributed by atoms with Gasteiger partial charge < -0.3 is 10.2 Å². The molecule has 2 aliphatic heterocycles. The van der Waals surface area contributed by atoms with E-state index in [4.69, 9.17) is 0 Å². The van der Waals surface area contributed by atoms with E-state index in [2.05, 4.69) is 12.2 Å². The molecule has 176 valence electrons. The van der Waals surface area contributed by atoms with Crippen LogP contribution in [0.4, 0.5) is 17.1 Å². The van der Waals surface area contributed by atoms with Crippen molar-refractivity contribution >= 4 is 33.0 Å². The normalized spacial score (nSPS) is 19.4. The first-order valence-electron chi connectivity index (χ1n) is 11.2. The van der Waals surface area contributed by atoms with Crippen LogP contribution in [-0.4, -0.2) is 49.7 Å². The van der Waals surface area contributed by atoms with Crippen LogP contribution in [0.2, 0.25) is 0 Å². The molecule has 0 radical (unpaired) electrons. The number of benzene rings is 2. The van der Waals surface area contributed by atoms with Crippen molar-refractivity contribution in [3.63, 3.8) is 0 Å². The monoisotopic (exact) mass is 472 g/mol. The molecule has 2 saturated heterocycles. The van der Waals surface area contributed by atoms with Crippen molar-refractivity contribution in [2.75, 3.05) is 36.4 Å². The molecule has 2 aliphatic rings. The van der Waals surface area contributed by atoms with Crippen molar-refractivity contribution in [3.8, 4) is 0 Å². The Morgan fingerprint density at radius 3 is 2.39 bits per heavy atom. The van der Waals surface area contributed by atoms with Crippen LogP contribution >= 0.6 is 0 Å². The van der Waals surface area contributed by atoms with Gasteiger partial charge in [-0.1, -0.05) is 6.92 Å². The summed E-state index contributed by atoms with van der Waals surface area (Å²) in [6.07, 6.45) is 3.79. The zero-order valence-electron chi connectivity index (χ0n) is 18.6. The maximum Gasteiger partial charge on any atom is 0.293 e. The molecule has 9 nitrogen and oxygen atoms in total. The van der Waals surface area contributed by atoms with Crippen LogP contribution in [0, 0.1) is 16.0 Å². The number of nitro benzene ring substituents is 1. The lowest BCUT2D eigenvalue weighted by Crippen LogP contribution is -2.34. The fourth-order valence-corrected chi connectivity index (χ4v) is 5.99.